The van der Waals surface area contributed by atoms with Gasteiger partial charge in [0.15, 0.2) is 5.82 Å². The standard InChI is InChI=1S/C47H28N2O2S/c50-52(51)44-21-11-8-18-37(44)39-25-38-35-17-7-10-20-41(35)47(43(38)26-45(39)52)40-19-9-6-16-34(40)32-14-4-5-15-33(32)36-23-22-30(24-42(36)47)31-27-48-46(49-28-31)29-12-2-1-3-13-29/h1-28H. The summed E-state index contributed by atoms with van der Waals surface area (Å²) in [6.45, 7) is 0. The third-order valence-electron chi connectivity index (χ3n) is 11.2. The van der Waals surface area contributed by atoms with E-state index in [4.69, 9.17) is 9.97 Å². The first-order valence-corrected chi connectivity index (χ1v) is 18.9. The third kappa shape index (κ3) is 3.78. The van der Waals surface area contributed by atoms with Gasteiger partial charge in [-0.15, -0.1) is 0 Å². The van der Waals surface area contributed by atoms with Gasteiger partial charge in [0, 0.05) is 34.6 Å². The van der Waals surface area contributed by atoms with Crippen molar-refractivity contribution in [1.82, 2.24) is 9.97 Å². The van der Waals surface area contributed by atoms with Crippen LogP contribution in [-0.2, 0) is 15.3 Å². The number of hydrogen-bond donors (Lipinski definition) is 0. The Balaban J connectivity index is 1.26. The molecule has 4 nitrogen and oxygen atoms in total. The Hall–Kier alpha value is -6.43. The van der Waals surface area contributed by atoms with Crippen LogP contribution in [0.3, 0.4) is 0 Å². The van der Waals surface area contributed by atoms with E-state index >= 15 is 0 Å². The van der Waals surface area contributed by atoms with E-state index in [0.29, 0.717) is 15.6 Å². The average Bonchev–Trinajstić information content (AvgIpc) is 3.58. The fraction of sp³-hybridized carbons (Fsp3) is 0.0213. The molecule has 0 fully saturated rings. The smallest absolute Gasteiger partial charge is 0.207 e. The number of hydrogen-bond acceptors (Lipinski definition) is 4. The van der Waals surface area contributed by atoms with Gasteiger partial charge in [0.1, 0.15) is 0 Å². The highest BCUT2D eigenvalue weighted by Crippen LogP contribution is 2.63. The van der Waals surface area contributed by atoms with Crippen LogP contribution in [0.25, 0.3) is 67.0 Å². The summed E-state index contributed by atoms with van der Waals surface area (Å²) in [4.78, 5) is 10.3. The lowest BCUT2D eigenvalue weighted by atomic mass is 9.65. The van der Waals surface area contributed by atoms with Crippen molar-refractivity contribution in [1.29, 1.82) is 0 Å². The second kappa shape index (κ2) is 10.5. The summed E-state index contributed by atoms with van der Waals surface area (Å²) in [5.74, 6) is 0.674. The summed E-state index contributed by atoms with van der Waals surface area (Å²) in [6, 6.07) is 54.0. The number of sulfone groups is 1. The molecule has 5 heteroatoms. The van der Waals surface area contributed by atoms with Gasteiger partial charge in [-0.3, -0.25) is 0 Å². The summed E-state index contributed by atoms with van der Waals surface area (Å²) in [7, 11) is -3.74. The van der Waals surface area contributed by atoms with Crippen LogP contribution in [-0.4, -0.2) is 18.4 Å². The fourth-order valence-corrected chi connectivity index (χ4v) is 10.7. The number of rotatable bonds is 2. The lowest BCUT2D eigenvalue weighted by Crippen LogP contribution is -2.29. The minimum absolute atomic E-state index is 0.362. The summed E-state index contributed by atoms with van der Waals surface area (Å²) in [5, 5.41) is 0. The van der Waals surface area contributed by atoms with E-state index in [-0.39, 0.29) is 0 Å². The molecule has 244 valence electrons. The highest BCUT2D eigenvalue weighted by atomic mass is 32.2. The van der Waals surface area contributed by atoms with Crippen LogP contribution in [0, 0.1) is 0 Å². The van der Waals surface area contributed by atoms with E-state index in [0.717, 1.165) is 83.5 Å². The molecule has 0 N–H and O–H groups in total. The predicted molar refractivity (Wildman–Crippen MR) is 206 cm³/mol. The molecule has 11 rings (SSSR count). The van der Waals surface area contributed by atoms with Crippen molar-refractivity contribution in [3.05, 3.63) is 192 Å². The molecule has 1 aliphatic heterocycles. The van der Waals surface area contributed by atoms with Gasteiger partial charge in [0.2, 0.25) is 9.84 Å². The van der Waals surface area contributed by atoms with Gasteiger partial charge < -0.3 is 0 Å². The van der Waals surface area contributed by atoms with Crippen LogP contribution in [0.15, 0.2) is 180 Å². The predicted octanol–water partition coefficient (Wildman–Crippen LogP) is 10.6. The van der Waals surface area contributed by atoms with Crippen LogP contribution >= 0.6 is 0 Å². The number of aromatic nitrogens is 2. The van der Waals surface area contributed by atoms with E-state index in [1.165, 1.54) is 0 Å². The van der Waals surface area contributed by atoms with Gasteiger partial charge >= 0.3 is 0 Å². The largest absolute Gasteiger partial charge is 0.236 e. The van der Waals surface area contributed by atoms with Crippen LogP contribution in [0.5, 0.6) is 0 Å². The molecular weight excluding hydrogens is 657 g/mol. The molecule has 1 atom stereocenters. The number of fused-ring (bicyclic) bond motifs is 15. The van der Waals surface area contributed by atoms with Crippen molar-refractivity contribution in [3.63, 3.8) is 0 Å². The zero-order valence-electron chi connectivity index (χ0n) is 27.8. The maximum atomic E-state index is 14.3. The maximum Gasteiger partial charge on any atom is 0.207 e. The van der Waals surface area contributed by atoms with Crippen LogP contribution in [0.2, 0.25) is 0 Å². The topological polar surface area (TPSA) is 59.9 Å². The Kier molecular flexibility index (Phi) is 5.95. The Morgan fingerprint density at radius 3 is 1.60 bits per heavy atom. The zero-order chi connectivity index (χ0) is 34.6. The second-order valence-electron chi connectivity index (χ2n) is 13.7. The Morgan fingerprint density at radius 1 is 0.365 bits per heavy atom. The summed E-state index contributed by atoms with van der Waals surface area (Å²) < 4.78 is 28.6. The van der Waals surface area contributed by atoms with E-state index in [1.54, 1.807) is 12.1 Å². The van der Waals surface area contributed by atoms with Gasteiger partial charge in [-0.25, -0.2) is 18.4 Å². The van der Waals surface area contributed by atoms with E-state index in [9.17, 15) is 8.42 Å². The highest BCUT2D eigenvalue weighted by molar-refractivity contribution is 7.92. The second-order valence-corrected chi connectivity index (χ2v) is 15.6. The van der Waals surface area contributed by atoms with Crippen LogP contribution in [0.1, 0.15) is 22.3 Å². The molecule has 0 radical (unpaired) electrons. The molecule has 1 spiro atoms. The lowest BCUT2D eigenvalue weighted by molar-refractivity contribution is 0.598. The molecule has 1 aromatic heterocycles. The Morgan fingerprint density at radius 2 is 0.904 bits per heavy atom. The van der Waals surface area contributed by atoms with E-state index in [2.05, 4.69) is 97.1 Å². The van der Waals surface area contributed by atoms with Crippen molar-refractivity contribution in [3.8, 4) is 67.0 Å². The molecule has 0 bridgehead atoms. The van der Waals surface area contributed by atoms with Crippen molar-refractivity contribution >= 4 is 9.84 Å². The first-order valence-electron chi connectivity index (χ1n) is 17.4. The highest BCUT2D eigenvalue weighted by Gasteiger charge is 2.51. The monoisotopic (exact) mass is 684 g/mol. The zero-order valence-corrected chi connectivity index (χ0v) is 28.6. The van der Waals surface area contributed by atoms with Gasteiger partial charge in [0.05, 0.1) is 15.2 Å². The minimum Gasteiger partial charge on any atom is -0.236 e. The third-order valence-corrected chi connectivity index (χ3v) is 13.0. The molecular formula is C47H28N2O2S. The summed E-state index contributed by atoms with van der Waals surface area (Å²) >= 11 is 0. The Labute approximate surface area is 301 Å². The molecule has 8 aromatic rings. The summed E-state index contributed by atoms with van der Waals surface area (Å²) in [5.41, 5.74) is 14.5. The Bertz CT molecular complexity index is 2920. The van der Waals surface area contributed by atoms with Gasteiger partial charge in [-0.2, -0.15) is 0 Å². The van der Waals surface area contributed by atoms with Crippen LogP contribution < -0.4 is 0 Å². The number of benzene rings is 7. The van der Waals surface area contributed by atoms with Gasteiger partial charge in [-0.1, -0.05) is 133 Å². The molecule has 0 amide bonds. The van der Waals surface area contributed by atoms with Crippen LogP contribution in [0.4, 0.5) is 0 Å². The maximum absolute atomic E-state index is 14.3. The van der Waals surface area contributed by atoms with Crippen molar-refractivity contribution < 1.29 is 8.42 Å². The minimum atomic E-state index is -3.74. The quantitative estimate of drug-likeness (QED) is 0.182. The molecule has 2 aliphatic carbocycles. The van der Waals surface area contributed by atoms with Gasteiger partial charge in [-0.05, 0) is 85.5 Å². The van der Waals surface area contributed by atoms with Gasteiger partial charge in [0.25, 0.3) is 0 Å². The average molecular weight is 685 g/mol. The van der Waals surface area contributed by atoms with E-state index in [1.807, 2.05) is 60.9 Å². The molecule has 3 aliphatic rings. The molecule has 52 heavy (non-hydrogen) atoms. The molecule has 0 saturated carbocycles. The molecule has 1 unspecified atom stereocenters. The summed E-state index contributed by atoms with van der Waals surface area (Å²) in [6.07, 6.45) is 3.80. The number of nitrogens with zero attached hydrogens (tertiary/aromatic N) is 2. The van der Waals surface area contributed by atoms with Crippen molar-refractivity contribution in [2.75, 3.05) is 0 Å². The molecule has 7 aromatic carbocycles. The first kappa shape index (κ1) is 29.3. The molecule has 2 heterocycles. The molecule has 0 saturated heterocycles. The normalized spacial score (nSPS) is 16.5. The SMILES string of the molecule is O=S1(=O)c2ccccc2-c2cc3c(cc21)C1(c2ccccc2-c2ccccc2-c2ccc(-c4cnc(-c5ccccc5)nc4)cc21)c1ccccc1-3. The van der Waals surface area contributed by atoms with Crippen molar-refractivity contribution in [2.24, 2.45) is 0 Å². The first-order chi connectivity index (χ1) is 25.5. The fourth-order valence-electron chi connectivity index (χ4n) is 8.98. The lowest BCUT2D eigenvalue weighted by Gasteiger charge is -2.35. The van der Waals surface area contributed by atoms with Crippen molar-refractivity contribution in [2.45, 2.75) is 15.2 Å². The van der Waals surface area contributed by atoms with E-state index < -0.39 is 15.3 Å².